The molecule has 6 nitrogen and oxygen atoms in total. The number of carbonyl (C=O) groups is 1. The van der Waals surface area contributed by atoms with Crippen molar-refractivity contribution in [2.45, 2.75) is 32.6 Å². The first-order valence-electron chi connectivity index (χ1n) is 10.7. The lowest BCUT2D eigenvalue weighted by Gasteiger charge is -2.37. The monoisotopic (exact) mass is 402 g/mol. The van der Waals surface area contributed by atoms with Crippen LogP contribution in [0.25, 0.3) is 11.5 Å². The molecule has 1 fully saturated rings. The zero-order chi connectivity index (χ0) is 20.5. The Hall–Kier alpha value is -3.15. The number of anilines is 2. The van der Waals surface area contributed by atoms with Crippen molar-refractivity contribution < 1.29 is 9.21 Å². The Labute approximate surface area is 176 Å². The van der Waals surface area contributed by atoms with Crippen LogP contribution in [0.15, 0.2) is 53.1 Å². The second-order valence-corrected chi connectivity index (χ2v) is 8.26. The average molecular weight is 402 g/mol. The van der Waals surface area contributed by atoms with Crippen LogP contribution in [-0.2, 0) is 11.2 Å². The summed E-state index contributed by atoms with van der Waals surface area (Å²) in [5, 5.41) is 8.71. The van der Waals surface area contributed by atoms with Crippen molar-refractivity contribution in [2.24, 2.45) is 5.92 Å². The minimum Gasteiger partial charge on any atom is -0.463 e. The van der Waals surface area contributed by atoms with Crippen LogP contribution < -0.4 is 9.80 Å². The predicted octanol–water partition coefficient (Wildman–Crippen LogP) is 4.24. The SMILES string of the molecule is Cc1ccc2c(c1)CCCN2C(=O)C1CCCN(c2ccc(-c3ccco3)nn2)C1. The lowest BCUT2D eigenvalue weighted by molar-refractivity contribution is -0.122. The van der Waals surface area contributed by atoms with Crippen LogP contribution in [0.1, 0.15) is 30.4 Å². The second kappa shape index (κ2) is 7.94. The Kier molecular flexibility index (Phi) is 4.99. The number of aromatic nitrogens is 2. The van der Waals surface area contributed by atoms with Crippen LogP contribution in [0, 0.1) is 12.8 Å². The van der Waals surface area contributed by atoms with E-state index in [1.165, 1.54) is 11.1 Å². The molecule has 4 heterocycles. The van der Waals surface area contributed by atoms with Crippen molar-refractivity contribution in [3.05, 3.63) is 59.9 Å². The minimum absolute atomic E-state index is 0.0162. The molecule has 0 spiro atoms. The summed E-state index contributed by atoms with van der Waals surface area (Å²) in [6, 6.07) is 14.0. The number of aryl methyl sites for hydroxylation is 2. The summed E-state index contributed by atoms with van der Waals surface area (Å²) >= 11 is 0. The van der Waals surface area contributed by atoms with Crippen LogP contribution in [0.3, 0.4) is 0 Å². The molecule has 0 aliphatic carbocycles. The van der Waals surface area contributed by atoms with Gasteiger partial charge in [0.25, 0.3) is 0 Å². The van der Waals surface area contributed by atoms with Crippen LogP contribution in [0.4, 0.5) is 11.5 Å². The van der Waals surface area contributed by atoms with Crippen molar-refractivity contribution in [3.63, 3.8) is 0 Å². The quantitative estimate of drug-likeness (QED) is 0.656. The highest BCUT2D eigenvalue weighted by atomic mass is 16.3. The van der Waals surface area contributed by atoms with E-state index in [1.807, 2.05) is 29.2 Å². The fourth-order valence-corrected chi connectivity index (χ4v) is 4.61. The van der Waals surface area contributed by atoms with Crippen molar-refractivity contribution in [3.8, 4) is 11.5 Å². The lowest BCUT2D eigenvalue weighted by atomic mass is 9.93. The third kappa shape index (κ3) is 3.58. The molecule has 0 N–H and O–H groups in total. The first-order valence-corrected chi connectivity index (χ1v) is 10.7. The molecular formula is C24H26N4O2. The molecule has 2 aliphatic rings. The molecule has 2 aromatic heterocycles. The molecular weight excluding hydrogens is 376 g/mol. The number of carbonyl (C=O) groups excluding carboxylic acids is 1. The zero-order valence-electron chi connectivity index (χ0n) is 17.3. The first-order chi connectivity index (χ1) is 14.7. The lowest BCUT2D eigenvalue weighted by Crippen LogP contribution is -2.46. The maximum atomic E-state index is 13.4. The van der Waals surface area contributed by atoms with Gasteiger partial charge in [-0.3, -0.25) is 4.79 Å². The van der Waals surface area contributed by atoms with E-state index in [9.17, 15) is 4.79 Å². The van der Waals surface area contributed by atoms with E-state index >= 15 is 0 Å². The second-order valence-electron chi connectivity index (χ2n) is 8.26. The first kappa shape index (κ1) is 18.9. The minimum atomic E-state index is -0.0162. The summed E-state index contributed by atoms with van der Waals surface area (Å²) in [6.45, 7) is 4.50. The molecule has 3 aromatic rings. The van der Waals surface area contributed by atoms with E-state index in [0.717, 1.165) is 50.3 Å². The van der Waals surface area contributed by atoms with Crippen molar-refractivity contribution in [1.29, 1.82) is 0 Å². The highest BCUT2D eigenvalue weighted by Gasteiger charge is 2.32. The molecule has 0 bridgehead atoms. The highest BCUT2D eigenvalue weighted by molar-refractivity contribution is 5.96. The van der Waals surface area contributed by atoms with Crippen molar-refractivity contribution >= 4 is 17.4 Å². The number of rotatable bonds is 3. The Bertz CT molecular complexity index is 1030. The maximum Gasteiger partial charge on any atom is 0.231 e. The third-order valence-corrected chi connectivity index (χ3v) is 6.14. The van der Waals surface area contributed by atoms with Gasteiger partial charge in [0.2, 0.25) is 5.91 Å². The summed E-state index contributed by atoms with van der Waals surface area (Å²) in [5.41, 5.74) is 4.36. The van der Waals surface area contributed by atoms with Crippen molar-refractivity contribution in [2.75, 3.05) is 29.4 Å². The molecule has 1 saturated heterocycles. The van der Waals surface area contributed by atoms with Gasteiger partial charge in [0.05, 0.1) is 12.2 Å². The molecule has 1 amide bonds. The van der Waals surface area contributed by atoms with Crippen LogP contribution in [0.2, 0.25) is 0 Å². The summed E-state index contributed by atoms with van der Waals surface area (Å²) in [4.78, 5) is 17.6. The van der Waals surface area contributed by atoms with E-state index in [1.54, 1.807) is 6.26 Å². The number of nitrogens with zero attached hydrogens (tertiary/aromatic N) is 4. The van der Waals surface area contributed by atoms with Gasteiger partial charge in [-0.2, -0.15) is 0 Å². The highest BCUT2D eigenvalue weighted by Crippen LogP contribution is 2.31. The number of piperidine rings is 1. The van der Waals surface area contributed by atoms with Gasteiger partial charge in [-0.25, -0.2) is 0 Å². The van der Waals surface area contributed by atoms with E-state index in [-0.39, 0.29) is 11.8 Å². The normalized spacial score (nSPS) is 18.9. The molecule has 5 rings (SSSR count). The van der Waals surface area contributed by atoms with Gasteiger partial charge in [0.15, 0.2) is 11.6 Å². The maximum absolute atomic E-state index is 13.4. The largest absolute Gasteiger partial charge is 0.463 e. The number of hydrogen-bond acceptors (Lipinski definition) is 5. The molecule has 6 heteroatoms. The van der Waals surface area contributed by atoms with Crippen molar-refractivity contribution in [1.82, 2.24) is 10.2 Å². The Morgan fingerprint density at radius 1 is 1.10 bits per heavy atom. The number of fused-ring (bicyclic) bond motifs is 1. The van der Waals surface area contributed by atoms with Gasteiger partial charge in [0.1, 0.15) is 5.69 Å². The molecule has 0 radical (unpaired) electrons. The summed E-state index contributed by atoms with van der Waals surface area (Å²) in [5.74, 6) is 1.75. The van der Waals surface area contributed by atoms with Gasteiger partial charge in [-0.15, -0.1) is 10.2 Å². The number of hydrogen-bond donors (Lipinski definition) is 0. The summed E-state index contributed by atoms with van der Waals surface area (Å²) < 4.78 is 5.39. The van der Waals surface area contributed by atoms with E-state index in [4.69, 9.17) is 4.42 Å². The van der Waals surface area contributed by atoms with Gasteiger partial charge in [-0.05, 0) is 68.5 Å². The fourth-order valence-electron chi connectivity index (χ4n) is 4.61. The van der Waals surface area contributed by atoms with Gasteiger partial charge in [0, 0.05) is 25.3 Å². The summed E-state index contributed by atoms with van der Waals surface area (Å²) in [7, 11) is 0. The zero-order valence-corrected chi connectivity index (χ0v) is 17.3. The Morgan fingerprint density at radius 2 is 2.03 bits per heavy atom. The molecule has 1 aromatic carbocycles. The molecule has 30 heavy (non-hydrogen) atoms. The topological polar surface area (TPSA) is 62.5 Å². The number of furan rings is 1. The van der Waals surface area contributed by atoms with Crippen LogP contribution in [0.5, 0.6) is 0 Å². The smallest absolute Gasteiger partial charge is 0.231 e. The fraction of sp³-hybridized carbons (Fsp3) is 0.375. The summed E-state index contributed by atoms with van der Waals surface area (Å²) in [6.07, 6.45) is 5.61. The molecule has 154 valence electrons. The molecule has 0 saturated carbocycles. The Morgan fingerprint density at radius 3 is 2.83 bits per heavy atom. The average Bonchev–Trinajstić information content (AvgIpc) is 3.33. The van der Waals surface area contributed by atoms with Crippen LogP contribution in [-0.4, -0.2) is 35.7 Å². The predicted molar refractivity (Wildman–Crippen MR) is 117 cm³/mol. The van der Waals surface area contributed by atoms with E-state index < -0.39 is 0 Å². The molecule has 1 unspecified atom stereocenters. The standard InChI is InChI=1S/C24H26N4O2/c1-17-8-10-21-18(15-17)5-3-13-28(21)24(29)19-6-2-12-27(16-19)23-11-9-20(25-26-23)22-7-4-14-30-22/h4,7-11,14-15,19H,2-3,5-6,12-13,16H2,1H3. The number of amides is 1. The Balaban J connectivity index is 1.32. The molecule has 1 atom stereocenters. The third-order valence-electron chi connectivity index (χ3n) is 6.14. The number of benzene rings is 1. The van der Waals surface area contributed by atoms with Crippen LogP contribution >= 0.6 is 0 Å². The van der Waals surface area contributed by atoms with Gasteiger partial charge in [-0.1, -0.05) is 17.7 Å². The van der Waals surface area contributed by atoms with E-state index in [2.05, 4.69) is 40.2 Å². The van der Waals surface area contributed by atoms with Gasteiger partial charge >= 0.3 is 0 Å². The van der Waals surface area contributed by atoms with E-state index in [0.29, 0.717) is 18.0 Å². The van der Waals surface area contributed by atoms with Gasteiger partial charge < -0.3 is 14.2 Å². The molecule has 2 aliphatic heterocycles.